The average Bonchev–Trinajstić information content (AvgIpc) is 2.55. The molecule has 2 bridgehead atoms. The third-order valence-corrected chi connectivity index (χ3v) is 5.28. The molecule has 2 atom stereocenters. The molecule has 0 aliphatic carbocycles. The van der Waals surface area contributed by atoms with E-state index in [9.17, 15) is 4.79 Å². The standard InChI is InChI=1S/C21H29NO2/c1-16(2)7-6-10-21(23)18-11-19-14-24-15-20(12-18)22(19)13-17-8-4-3-5-9-17/h3-5,7-9,18-20H,6,10-15H2,1-2H3. The first-order valence-electron chi connectivity index (χ1n) is 9.17. The van der Waals surface area contributed by atoms with Crippen LogP contribution in [0.4, 0.5) is 0 Å². The molecule has 3 heteroatoms. The molecule has 130 valence electrons. The van der Waals surface area contributed by atoms with Gasteiger partial charge in [0, 0.05) is 31.0 Å². The third kappa shape index (κ3) is 4.34. The lowest BCUT2D eigenvalue weighted by molar-refractivity contribution is -0.133. The van der Waals surface area contributed by atoms with Crippen LogP contribution < -0.4 is 0 Å². The maximum Gasteiger partial charge on any atom is 0.136 e. The van der Waals surface area contributed by atoms with Crippen molar-refractivity contribution in [3.8, 4) is 0 Å². The molecule has 3 rings (SSSR count). The molecule has 0 aromatic heterocycles. The minimum absolute atomic E-state index is 0.224. The molecular formula is C21H29NO2. The zero-order valence-electron chi connectivity index (χ0n) is 14.9. The summed E-state index contributed by atoms with van der Waals surface area (Å²) >= 11 is 0. The van der Waals surface area contributed by atoms with Crippen LogP contribution in [0, 0.1) is 5.92 Å². The quantitative estimate of drug-likeness (QED) is 0.740. The number of hydrogen-bond acceptors (Lipinski definition) is 3. The largest absolute Gasteiger partial charge is 0.378 e. The van der Waals surface area contributed by atoms with Crippen molar-refractivity contribution in [2.24, 2.45) is 5.92 Å². The van der Waals surface area contributed by atoms with Crippen molar-refractivity contribution in [2.75, 3.05) is 13.2 Å². The minimum atomic E-state index is 0.224. The lowest BCUT2D eigenvalue weighted by Gasteiger charge is -2.48. The fraction of sp³-hybridized carbons (Fsp3) is 0.571. The fourth-order valence-corrected chi connectivity index (χ4v) is 4.01. The van der Waals surface area contributed by atoms with Gasteiger partial charge < -0.3 is 4.74 Å². The summed E-state index contributed by atoms with van der Waals surface area (Å²) in [5, 5.41) is 0. The highest BCUT2D eigenvalue weighted by Gasteiger charge is 2.40. The van der Waals surface area contributed by atoms with Crippen LogP contribution in [0.2, 0.25) is 0 Å². The molecule has 0 saturated carbocycles. The number of Topliss-reactive ketones (excluding diaryl/α,β-unsaturated/α-hetero) is 1. The number of allylic oxidation sites excluding steroid dienone is 2. The van der Waals surface area contributed by atoms with Gasteiger partial charge in [-0.3, -0.25) is 9.69 Å². The Morgan fingerprint density at radius 2 is 1.83 bits per heavy atom. The van der Waals surface area contributed by atoms with Gasteiger partial charge in [-0.1, -0.05) is 42.0 Å². The van der Waals surface area contributed by atoms with E-state index in [0.29, 0.717) is 24.3 Å². The first kappa shape index (κ1) is 17.4. The Morgan fingerprint density at radius 3 is 2.46 bits per heavy atom. The molecule has 2 aliphatic rings. The van der Waals surface area contributed by atoms with Crippen LogP contribution in [0.25, 0.3) is 0 Å². The normalized spacial score (nSPS) is 26.8. The number of piperidine rings is 1. The highest BCUT2D eigenvalue weighted by Crippen LogP contribution is 2.34. The van der Waals surface area contributed by atoms with Crippen LogP contribution in [-0.2, 0) is 16.1 Å². The Morgan fingerprint density at radius 1 is 1.17 bits per heavy atom. The summed E-state index contributed by atoms with van der Waals surface area (Å²) in [5.41, 5.74) is 2.65. The summed E-state index contributed by atoms with van der Waals surface area (Å²) in [6, 6.07) is 11.4. The van der Waals surface area contributed by atoms with Gasteiger partial charge in [-0.2, -0.15) is 0 Å². The third-order valence-electron chi connectivity index (χ3n) is 5.28. The van der Waals surface area contributed by atoms with Crippen molar-refractivity contribution in [3.05, 3.63) is 47.5 Å². The predicted octanol–water partition coefficient (Wildman–Crippen LogP) is 3.98. The van der Waals surface area contributed by atoms with E-state index in [4.69, 9.17) is 4.74 Å². The van der Waals surface area contributed by atoms with Gasteiger partial charge in [0.1, 0.15) is 5.78 Å². The predicted molar refractivity (Wildman–Crippen MR) is 96.8 cm³/mol. The van der Waals surface area contributed by atoms with Gasteiger partial charge >= 0.3 is 0 Å². The number of ketones is 1. The summed E-state index contributed by atoms with van der Waals surface area (Å²) in [6.07, 6.45) is 5.66. The fourth-order valence-electron chi connectivity index (χ4n) is 4.01. The van der Waals surface area contributed by atoms with Crippen molar-refractivity contribution < 1.29 is 9.53 Å². The van der Waals surface area contributed by atoms with Crippen LogP contribution in [-0.4, -0.2) is 36.0 Å². The lowest BCUT2D eigenvalue weighted by atomic mass is 9.81. The second-order valence-electron chi connectivity index (χ2n) is 7.46. The van der Waals surface area contributed by atoms with Gasteiger partial charge in [-0.15, -0.1) is 0 Å². The van der Waals surface area contributed by atoms with E-state index in [0.717, 1.165) is 39.0 Å². The van der Waals surface area contributed by atoms with Crippen molar-refractivity contribution >= 4 is 5.78 Å². The summed E-state index contributed by atoms with van der Waals surface area (Å²) in [5.74, 6) is 0.672. The van der Waals surface area contributed by atoms with E-state index in [-0.39, 0.29) is 5.92 Å². The van der Waals surface area contributed by atoms with Crippen LogP contribution in [0.1, 0.15) is 45.1 Å². The van der Waals surface area contributed by atoms with Crippen LogP contribution in [0.5, 0.6) is 0 Å². The average molecular weight is 327 g/mol. The molecule has 2 unspecified atom stereocenters. The highest BCUT2D eigenvalue weighted by atomic mass is 16.5. The van der Waals surface area contributed by atoms with Gasteiger partial charge in [0.25, 0.3) is 0 Å². The van der Waals surface area contributed by atoms with Gasteiger partial charge in [0.15, 0.2) is 0 Å². The molecule has 1 aromatic rings. The number of ether oxygens (including phenoxy) is 1. The molecule has 2 heterocycles. The Hall–Kier alpha value is -1.45. The first-order chi connectivity index (χ1) is 11.6. The maximum atomic E-state index is 12.6. The molecule has 3 nitrogen and oxygen atoms in total. The number of morpholine rings is 1. The monoisotopic (exact) mass is 327 g/mol. The Kier molecular flexibility index (Phi) is 5.85. The Bertz CT molecular complexity index is 563. The van der Waals surface area contributed by atoms with Gasteiger partial charge in [0.05, 0.1) is 13.2 Å². The molecule has 0 N–H and O–H groups in total. The van der Waals surface area contributed by atoms with E-state index < -0.39 is 0 Å². The molecule has 0 radical (unpaired) electrons. The summed E-state index contributed by atoms with van der Waals surface area (Å²) in [7, 11) is 0. The zero-order valence-corrected chi connectivity index (χ0v) is 14.9. The SMILES string of the molecule is CC(C)=CCCC(=O)C1CC2COCC(C1)N2Cc1ccccc1. The maximum absolute atomic E-state index is 12.6. The zero-order chi connectivity index (χ0) is 16.9. The first-order valence-corrected chi connectivity index (χ1v) is 9.17. The Balaban J connectivity index is 1.60. The number of carbonyl (C=O) groups is 1. The topological polar surface area (TPSA) is 29.5 Å². The van der Waals surface area contributed by atoms with Gasteiger partial charge in [0.2, 0.25) is 0 Å². The highest BCUT2D eigenvalue weighted by molar-refractivity contribution is 5.81. The van der Waals surface area contributed by atoms with E-state index in [1.165, 1.54) is 11.1 Å². The molecule has 2 aliphatic heterocycles. The smallest absolute Gasteiger partial charge is 0.136 e. The second-order valence-corrected chi connectivity index (χ2v) is 7.46. The summed E-state index contributed by atoms with van der Waals surface area (Å²) in [4.78, 5) is 15.2. The number of fused-ring (bicyclic) bond motifs is 2. The number of benzene rings is 1. The Labute approximate surface area is 145 Å². The number of rotatable bonds is 6. The summed E-state index contributed by atoms with van der Waals surface area (Å²) in [6.45, 7) is 6.68. The molecule has 0 spiro atoms. The molecule has 0 amide bonds. The van der Waals surface area contributed by atoms with Crippen LogP contribution >= 0.6 is 0 Å². The van der Waals surface area contributed by atoms with Crippen LogP contribution in [0.3, 0.4) is 0 Å². The van der Waals surface area contributed by atoms with Crippen LogP contribution in [0.15, 0.2) is 42.0 Å². The number of nitrogens with zero attached hydrogens (tertiary/aromatic N) is 1. The van der Waals surface area contributed by atoms with Crippen molar-refractivity contribution in [3.63, 3.8) is 0 Å². The molecule has 2 fully saturated rings. The second kappa shape index (κ2) is 8.09. The molecule has 2 saturated heterocycles. The number of hydrogen-bond donors (Lipinski definition) is 0. The van der Waals surface area contributed by atoms with Crippen molar-refractivity contribution in [1.29, 1.82) is 0 Å². The van der Waals surface area contributed by atoms with E-state index >= 15 is 0 Å². The van der Waals surface area contributed by atoms with Crippen molar-refractivity contribution in [2.45, 2.75) is 58.2 Å². The summed E-state index contributed by atoms with van der Waals surface area (Å²) < 4.78 is 5.78. The number of carbonyl (C=O) groups excluding carboxylic acids is 1. The van der Waals surface area contributed by atoms with E-state index in [1.54, 1.807) is 0 Å². The van der Waals surface area contributed by atoms with E-state index in [1.807, 2.05) is 0 Å². The lowest BCUT2D eigenvalue weighted by Crippen LogP contribution is -2.57. The van der Waals surface area contributed by atoms with Gasteiger partial charge in [-0.05, 0) is 38.7 Å². The van der Waals surface area contributed by atoms with Crippen molar-refractivity contribution in [1.82, 2.24) is 4.90 Å². The minimum Gasteiger partial charge on any atom is -0.378 e. The molecule has 24 heavy (non-hydrogen) atoms. The molecule has 1 aromatic carbocycles. The van der Waals surface area contributed by atoms with Gasteiger partial charge in [-0.25, -0.2) is 0 Å². The molecular weight excluding hydrogens is 298 g/mol. The van der Waals surface area contributed by atoms with E-state index in [2.05, 4.69) is 55.2 Å².